The van der Waals surface area contributed by atoms with Gasteiger partial charge in [-0.2, -0.15) is 10.4 Å². The molecule has 0 aliphatic heterocycles. The first-order valence-electron chi connectivity index (χ1n) is 5.05. The van der Waals surface area contributed by atoms with E-state index in [1.165, 1.54) is 0 Å². The van der Waals surface area contributed by atoms with Crippen molar-refractivity contribution in [3.63, 3.8) is 0 Å². The quantitative estimate of drug-likeness (QED) is 0.758. The zero-order valence-corrected chi connectivity index (χ0v) is 9.25. The van der Waals surface area contributed by atoms with Gasteiger partial charge >= 0.3 is 0 Å². The highest BCUT2D eigenvalue weighted by Crippen LogP contribution is 2.05. The Morgan fingerprint density at radius 1 is 1.44 bits per heavy atom. The standard InChI is InChI=1S/C10H12N6/c1-3-16-9(4-8(2)13-16)6-15-7-12-10(5-11)14-15/h4,7H,3,6H2,1-2H3. The molecule has 0 saturated carbocycles. The lowest BCUT2D eigenvalue weighted by Gasteiger charge is -2.03. The predicted octanol–water partition coefficient (Wildman–Crippen LogP) is 0.723. The van der Waals surface area contributed by atoms with Crippen molar-refractivity contribution in [3.05, 3.63) is 29.6 Å². The second-order valence-electron chi connectivity index (χ2n) is 3.47. The fraction of sp³-hybridized carbons (Fsp3) is 0.400. The van der Waals surface area contributed by atoms with E-state index in [1.807, 2.05) is 30.7 Å². The molecule has 0 aliphatic carbocycles. The molecule has 2 rings (SSSR count). The Bertz CT molecular complexity index is 530. The van der Waals surface area contributed by atoms with Gasteiger partial charge in [0.2, 0.25) is 0 Å². The van der Waals surface area contributed by atoms with Gasteiger partial charge in [0.25, 0.3) is 5.82 Å². The summed E-state index contributed by atoms with van der Waals surface area (Å²) in [6.45, 7) is 5.40. The average Bonchev–Trinajstić information content (AvgIpc) is 2.85. The van der Waals surface area contributed by atoms with E-state index < -0.39 is 0 Å². The Kier molecular flexibility index (Phi) is 2.68. The first-order chi connectivity index (χ1) is 7.72. The first-order valence-corrected chi connectivity index (χ1v) is 5.05. The molecule has 0 saturated heterocycles. The highest BCUT2D eigenvalue weighted by molar-refractivity contribution is 5.10. The van der Waals surface area contributed by atoms with Crippen LogP contribution in [0.1, 0.15) is 24.1 Å². The number of nitriles is 1. The molecule has 0 N–H and O–H groups in total. The summed E-state index contributed by atoms with van der Waals surface area (Å²) in [6.07, 6.45) is 1.56. The fourth-order valence-electron chi connectivity index (χ4n) is 1.59. The number of nitrogens with zero attached hydrogens (tertiary/aromatic N) is 6. The zero-order chi connectivity index (χ0) is 11.5. The summed E-state index contributed by atoms with van der Waals surface area (Å²) in [5.74, 6) is 0.194. The number of hydrogen-bond donors (Lipinski definition) is 0. The summed E-state index contributed by atoms with van der Waals surface area (Å²) < 4.78 is 3.56. The summed E-state index contributed by atoms with van der Waals surface area (Å²) in [6, 6.07) is 3.91. The molecule has 2 aromatic rings. The van der Waals surface area contributed by atoms with Crippen LogP contribution in [-0.4, -0.2) is 24.5 Å². The van der Waals surface area contributed by atoms with Gasteiger partial charge in [-0.3, -0.25) is 4.68 Å². The predicted molar refractivity (Wildman–Crippen MR) is 56.5 cm³/mol. The Balaban J connectivity index is 2.23. The average molecular weight is 216 g/mol. The molecule has 6 heteroatoms. The molecule has 0 aromatic carbocycles. The van der Waals surface area contributed by atoms with Crippen molar-refractivity contribution in [3.8, 4) is 6.07 Å². The van der Waals surface area contributed by atoms with E-state index in [2.05, 4.69) is 15.2 Å². The van der Waals surface area contributed by atoms with E-state index in [4.69, 9.17) is 5.26 Å². The van der Waals surface area contributed by atoms with Crippen LogP contribution >= 0.6 is 0 Å². The van der Waals surface area contributed by atoms with Crippen molar-refractivity contribution < 1.29 is 0 Å². The molecule has 6 nitrogen and oxygen atoms in total. The lowest BCUT2D eigenvalue weighted by molar-refractivity contribution is 0.574. The molecule has 0 radical (unpaired) electrons. The second-order valence-corrected chi connectivity index (χ2v) is 3.47. The van der Waals surface area contributed by atoms with E-state index in [9.17, 15) is 0 Å². The third-order valence-corrected chi connectivity index (χ3v) is 2.25. The van der Waals surface area contributed by atoms with Crippen LogP contribution in [0.25, 0.3) is 0 Å². The lowest BCUT2D eigenvalue weighted by atomic mass is 10.3. The zero-order valence-electron chi connectivity index (χ0n) is 9.25. The Morgan fingerprint density at radius 3 is 2.88 bits per heavy atom. The van der Waals surface area contributed by atoms with E-state index in [-0.39, 0.29) is 5.82 Å². The number of hydrogen-bond acceptors (Lipinski definition) is 4. The monoisotopic (exact) mass is 216 g/mol. The molecule has 0 bridgehead atoms. The van der Waals surface area contributed by atoms with E-state index >= 15 is 0 Å². The molecule has 0 atom stereocenters. The minimum Gasteiger partial charge on any atom is -0.268 e. The van der Waals surface area contributed by atoms with E-state index in [0.717, 1.165) is 17.9 Å². The van der Waals surface area contributed by atoms with Gasteiger partial charge in [-0.15, -0.1) is 5.10 Å². The van der Waals surface area contributed by atoms with Crippen molar-refractivity contribution in [1.29, 1.82) is 5.26 Å². The van der Waals surface area contributed by atoms with Crippen LogP contribution in [0.3, 0.4) is 0 Å². The Labute approximate surface area is 93.1 Å². The van der Waals surface area contributed by atoms with Crippen LogP contribution in [0.4, 0.5) is 0 Å². The van der Waals surface area contributed by atoms with Gasteiger partial charge in [-0.25, -0.2) is 9.67 Å². The molecule has 0 amide bonds. The van der Waals surface area contributed by atoms with Crippen molar-refractivity contribution >= 4 is 0 Å². The van der Waals surface area contributed by atoms with Crippen LogP contribution in [0.2, 0.25) is 0 Å². The smallest absolute Gasteiger partial charge is 0.252 e. The van der Waals surface area contributed by atoms with Crippen molar-refractivity contribution in [2.75, 3.05) is 0 Å². The largest absolute Gasteiger partial charge is 0.268 e. The molecule has 0 aliphatic rings. The maximum absolute atomic E-state index is 8.62. The Hall–Kier alpha value is -2.16. The maximum Gasteiger partial charge on any atom is 0.252 e. The van der Waals surface area contributed by atoms with Gasteiger partial charge in [0, 0.05) is 6.54 Å². The normalized spacial score (nSPS) is 10.3. The van der Waals surface area contributed by atoms with Gasteiger partial charge in [0.15, 0.2) is 0 Å². The SMILES string of the molecule is CCn1nc(C)cc1Cn1cnc(C#N)n1. The minimum absolute atomic E-state index is 0.194. The molecule has 0 unspecified atom stereocenters. The summed E-state index contributed by atoms with van der Waals surface area (Å²) >= 11 is 0. The fourth-order valence-corrected chi connectivity index (χ4v) is 1.59. The molecule has 0 fully saturated rings. The van der Waals surface area contributed by atoms with Gasteiger partial charge in [-0.1, -0.05) is 0 Å². The van der Waals surface area contributed by atoms with Gasteiger partial charge < -0.3 is 0 Å². The topological polar surface area (TPSA) is 72.3 Å². The van der Waals surface area contributed by atoms with Gasteiger partial charge in [0.05, 0.1) is 17.9 Å². The molecular weight excluding hydrogens is 204 g/mol. The molecule has 2 heterocycles. The van der Waals surface area contributed by atoms with Gasteiger partial charge in [-0.05, 0) is 19.9 Å². The van der Waals surface area contributed by atoms with Crippen LogP contribution in [0.15, 0.2) is 12.4 Å². The van der Waals surface area contributed by atoms with Crippen molar-refractivity contribution in [1.82, 2.24) is 24.5 Å². The molecule has 16 heavy (non-hydrogen) atoms. The molecular formula is C10H12N6. The van der Waals surface area contributed by atoms with E-state index in [1.54, 1.807) is 11.0 Å². The number of rotatable bonds is 3. The number of aryl methyl sites for hydroxylation is 2. The van der Waals surface area contributed by atoms with Crippen LogP contribution in [-0.2, 0) is 13.1 Å². The Morgan fingerprint density at radius 2 is 2.25 bits per heavy atom. The lowest BCUT2D eigenvalue weighted by Crippen LogP contribution is -2.08. The van der Waals surface area contributed by atoms with Crippen LogP contribution < -0.4 is 0 Å². The van der Waals surface area contributed by atoms with Crippen molar-refractivity contribution in [2.24, 2.45) is 0 Å². The summed E-state index contributed by atoms with van der Waals surface area (Å²) in [4.78, 5) is 3.85. The van der Waals surface area contributed by atoms with Crippen LogP contribution in [0.5, 0.6) is 0 Å². The minimum atomic E-state index is 0.194. The molecule has 82 valence electrons. The summed E-state index contributed by atoms with van der Waals surface area (Å²) in [5.41, 5.74) is 2.05. The second kappa shape index (κ2) is 4.14. The van der Waals surface area contributed by atoms with E-state index in [0.29, 0.717) is 6.54 Å². The third kappa shape index (κ3) is 1.93. The summed E-state index contributed by atoms with van der Waals surface area (Å²) in [5, 5.41) is 17.0. The highest BCUT2D eigenvalue weighted by Gasteiger charge is 2.06. The summed E-state index contributed by atoms with van der Waals surface area (Å²) in [7, 11) is 0. The first kappa shape index (κ1) is 10.4. The molecule has 0 spiro atoms. The number of aromatic nitrogens is 5. The highest BCUT2D eigenvalue weighted by atomic mass is 15.4. The van der Waals surface area contributed by atoms with Crippen LogP contribution in [0, 0.1) is 18.3 Å². The van der Waals surface area contributed by atoms with Gasteiger partial charge in [0.1, 0.15) is 12.4 Å². The molecule has 2 aromatic heterocycles. The third-order valence-electron chi connectivity index (χ3n) is 2.25. The maximum atomic E-state index is 8.62. The van der Waals surface area contributed by atoms with Crippen molar-refractivity contribution in [2.45, 2.75) is 26.9 Å².